The van der Waals surface area contributed by atoms with Crippen LogP contribution in [0.5, 0.6) is 0 Å². The summed E-state index contributed by atoms with van der Waals surface area (Å²) >= 11 is 0. The Morgan fingerprint density at radius 1 is 0.893 bits per heavy atom. The van der Waals surface area contributed by atoms with Crippen LogP contribution in [0.1, 0.15) is 26.3 Å². The number of imide groups is 1. The topological polar surface area (TPSA) is 64.1 Å². The quantitative estimate of drug-likeness (QED) is 0.803. The molecule has 0 bridgehead atoms. The van der Waals surface area contributed by atoms with Crippen LogP contribution in [0.15, 0.2) is 48.5 Å². The van der Waals surface area contributed by atoms with Gasteiger partial charge in [-0.05, 0) is 36.8 Å². The maximum absolute atomic E-state index is 12.4. The van der Waals surface area contributed by atoms with Gasteiger partial charge in [0, 0.05) is 38.4 Å². The van der Waals surface area contributed by atoms with Crippen LogP contribution in [0.4, 0.5) is 5.69 Å². The summed E-state index contributed by atoms with van der Waals surface area (Å²) in [7, 11) is 0. The molecule has 1 N–H and O–H groups in total. The van der Waals surface area contributed by atoms with Gasteiger partial charge in [-0.2, -0.15) is 0 Å². The molecule has 4 rings (SSSR count). The van der Waals surface area contributed by atoms with E-state index >= 15 is 0 Å². The first-order valence-corrected chi connectivity index (χ1v) is 9.70. The molecule has 2 heterocycles. The van der Waals surface area contributed by atoms with Crippen molar-refractivity contribution < 1.29 is 14.7 Å². The molecular formula is C22H25N3O3. The molecule has 28 heavy (non-hydrogen) atoms. The van der Waals surface area contributed by atoms with Crippen molar-refractivity contribution in [3.8, 4) is 0 Å². The van der Waals surface area contributed by atoms with Crippen LogP contribution in [0, 0.1) is 6.92 Å². The van der Waals surface area contributed by atoms with Gasteiger partial charge in [0.2, 0.25) is 0 Å². The highest BCUT2D eigenvalue weighted by molar-refractivity contribution is 6.21. The number of β-amino-alcohol motifs (C(OH)–C–C–N with tert-alkyl or cyclic N) is 1. The molecule has 2 aliphatic heterocycles. The zero-order valence-electron chi connectivity index (χ0n) is 16.0. The number of rotatable bonds is 5. The lowest BCUT2D eigenvalue weighted by Gasteiger charge is -2.37. The lowest BCUT2D eigenvalue weighted by Crippen LogP contribution is -2.50. The molecule has 0 aromatic heterocycles. The molecule has 2 aromatic carbocycles. The van der Waals surface area contributed by atoms with Gasteiger partial charge in [0.05, 0.1) is 23.8 Å². The minimum absolute atomic E-state index is 0.0322. The number of carbonyl (C=O) groups excluding carboxylic acids is 2. The molecular weight excluding hydrogens is 354 g/mol. The Kier molecular flexibility index (Phi) is 5.15. The predicted octanol–water partition coefficient (Wildman–Crippen LogP) is 1.77. The number of hydrogen-bond acceptors (Lipinski definition) is 5. The molecule has 6 heteroatoms. The number of aliphatic hydroxyl groups excluding tert-OH is 1. The summed E-state index contributed by atoms with van der Waals surface area (Å²) in [6, 6.07) is 15.3. The van der Waals surface area contributed by atoms with E-state index in [1.54, 1.807) is 24.3 Å². The van der Waals surface area contributed by atoms with Gasteiger partial charge in [-0.1, -0.05) is 24.3 Å². The summed E-state index contributed by atoms with van der Waals surface area (Å²) < 4.78 is 0. The van der Waals surface area contributed by atoms with Crippen molar-refractivity contribution in [1.82, 2.24) is 9.80 Å². The standard InChI is InChI=1S/C22H25N3O3/c1-16-5-4-6-17(13-16)24-11-9-23(10-12-24)14-18(26)15-25-21(27)19-7-2-3-8-20(19)22(25)28/h2-8,13,18,26H,9-12,14-15H2,1H3/t18-/m1/s1. The van der Waals surface area contributed by atoms with E-state index in [0.29, 0.717) is 17.7 Å². The van der Waals surface area contributed by atoms with Crippen LogP contribution < -0.4 is 4.90 Å². The number of amides is 2. The van der Waals surface area contributed by atoms with Gasteiger partial charge in [0.1, 0.15) is 0 Å². The Morgan fingerprint density at radius 3 is 2.14 bits per heavy atom. The van der Waals surface area contributed by atoms with E-state index in [-0.39, 0.29) is 18.4 Å². The first-order chi connectivity index (χ1) is 13.5. The number of fused-ring (bicyclic) bond motifs is 1. The van der Waals surface area contributed by atoms with Crippen molar-refractivity contribution in [3.63, 3.8) is 0 Å². The predicted molar refractivity (Wildman–Crippen MR) is 108 cm³/mol. The van der Waals surface area contributed by atoms with E-state index in [0.717, 1.165) is 26.2 Å². The van der Waals surface area contributed by atoms with Crippen LogP contribution in [0.2, 0.25) is 0 Å². The third-order valence-corrected chi connectivity index (χ3v) is 5.48. The first kappa shape index (κ1) is 18.7. The molecule has 2 aliphatic rings. The Hall–Kier alpha value is -2.70. The number of carbonyl (C=O) groups is 2. The summed E-state index contributed by atoms with van der Waals surface area (Å²) in [4.78, 5) is 30.6. The van der Waals surface area contributed by atoms with Gasteiger partial charge in [0.15, 0.2) is 0 Å². The van der Waals surface area contributed by atoms with Gasteiger partial charge in [-0.25, -0.2) is 0 Å². The molecule has 0 aliphatic carbocycles. The van der Waals surface area contributed by atoms with Gasteiger partial charge in [0.25, 0.3) is 11.8 Å². The van der Waals surface area contributed by atoms with Crippen molar-refractivity contribution in [3.05, 3.63) is 65.2 Å². The molecule has 2 amide bonds. The molecule has 2 aromatic rings. The van der Waals surface area contributed by atoms with E-state index in [4.69, 9.17) is 0 Å². The molecule has 0 unspecified atom stereocenters. The van der Waals surface area contributed by atoms with Crippen LogP contribution >= 0.6 is 0 Å². The highest BCUT2D eigenvalue weighted by Gasteiger charge is 2.36. The smallest absolute Gasteiger partial charge is 0.261 e. The number of hydrogen-bond donors (Lipinski definition) is 1. The van der Waals surface area contributed by atoms with Crippen molar-refractivity contribution in [1.29, 1.82) is 0 Å². The van der Waals surface area contributed by atoms with E-state index in [9.17, 15) is 14.7 Å². The molecule has 1 atom stereocenters. The van der Waals surface area contributed by atoms with Crippen molar-refractivity contribution in [2.75, 3.05) is 44.2 Å². The normalized spacial score (nSPS) is 18.5. The molecule has 146 valence electrons. The number of aryl methyl sites for hydroxylation is 1. The Labute approximate surface area is 165 Å². The number of anilines is 1. The summed E-state index contributed by atoms with van der Waals surface area (Å²) in [5.74, 6) is -0.632. The summed E-state index contributed by atoms with van der Waals surface area (Å²) in [6.07, 6.45) is -0.757. The minimum atomic E-state index is -0.757. The van der Waals surface area contributed by atoms with Gasteiger partial charge in [-0.3, -0.25) is 19.4 Å². The Morgan fingerprint density at radius 2 is 1.54 bits per heavy atom. The Bertz CT molecular complexity index is 855. The Balaban J connectivity index is 1.30. The lowest BCUT2D eigenvalue weighted by atomic mass is 10.1. The second-order valence-corrected chi connectivity index (χ2v) is 7.55. The second kappa shape index (κ2) is 7.73. The first-order valence-electron chi connectivity index (χ1n) is 9.70. The molecule has 6 nitrogen and oxygen atoms in total. The fraction of sp³-hybridized carbons (Fsp3) is 0.364. The number of aliphatic hydroxyl groups is 1. The van der Waals surface area contributed by atoms with E-state index < -0.39 is 6.10 Å². The van der Waals surface area contributed by atoms with Gasteiger partial charge in [-0.15, -0.1) is 0 Å². The molecule has 1 fully saturated rings. The maximum Gasteiger partial charge on any atom is 0.261 e. The van der Waals surface area contributed by atoms with Crippen LogP contribution in [-0.2, 0) is 0 Å². The molecule has 0 radical (unpaired) electrons. The van der Waals surface area contributed by atoms with Crippen molar-refractivity contribution in [2.24, 2.45) is 0 Å². The number of benzene rings is 2. The second-order valence-electron chi connectivity index (χ2n) is 7.55. The van der Waals surface area contributed by atoms with Gasteiger partial charge < -0.3 is 10.0 Å². The highest BCUT2D eigenvalue weighted by atomic mass is 16.3. The molecule has 0 saturated carbocycles. The highest BCUT2D eigenvalue weighted by Crippen LogP contribution is 2.23. The largest absolute Gasteiger partial charge is 0.390 e. The summed E-state index contributed by atoms with van der Waals surface area (Å²) in [6.45, 7) is 6.04. The van der Waals surface area contributed by atoms with E-state index in [1.165, 1.54) is 16.2 Å². The zero-order valence-corrected chi connectivity index (χ0v) is 16.0. The summed E-state index contributed by atoms with van der Waals surface area (Å²) in [5, 5.41) is 10.5. The van der Waals surface area contributed by atoms with Crippen LogP contribution in [0.25, 0.3) is 0 Å². The van der Waals surface area contributed by atoms with Gasteiger partial charge >= 0.3 is 0 Å². The fourth-order valence-corrected chi connectivity index (χ4v) is 3.98. The monoisotopic (exact) mass is 379 g/mol. The number of nitrogens with zero attached hydrogens (tertiary/aromatic N) is 3. The molecule has 1 saturated heterocycles. The van der Waals surface area contributed by atoms with Crippen molar-refractivity contribution >= 4 is 17.5 Å². The van der Waals surface area contributed by atoms with E-state index in [2.05, 4.69) is 41.0 Å². The minimum Gasteiger partial charge on any atom is -0.390 e. The lowest BCUT2D eigenvalue weighted by molar-refractivity contribution is 0.0469. The van der Waals surface area contributed by atoms with Crippen LogP contribution in [-0.4, -0.2) is 72.1 Å². The average Bonchev–Trinajstić information content (AvgIpc) is 2.94. The third kappa shape index (κ3) is 3.66. The van der Waals surface area contributed by atoms with Crippen LogP contribution in [0.3, 0.4) is 0 Å². The van der Waals surface area contributed by atoms with E-state index in [1.807, 2.05) is 0 Å². The fourth-order valence-electron chi connectivity index (χ4n) is 3.98. The molecule has 0 spiro atoms. The zero-order chi connectivity index (χ0) is 19.7. The van der Waals surface area contributed by atoms with Crippen molar-refractivity contribution in [2.45, 2.75) is 13.0 Å². The SMILES string of the molecule is Cc1cccc(N2CCN(C[C@@H](O)CN3C(=O)c4ccccc4C3=O)CC2)c1. The maximum atomic E-state index is 12.4. The number of piperazine rings is 1. The third-order valence-electron chi connectivity index (χ3n) is 5.48. The average molecular weight is 379 g/mol. The summed E-state index contributed by atoms with van der Waals surface area (Å²) in [5.41, 5.74) is 3.32.